The largest absolute Gasteiger partial charge is 0.366 e. The Bertz CT molecular complexity index is 790. The van der Waals surface area contributed by atoms with E-state index in [0.717, 1.165) is 17.3 Å². The predicted octanol–water partition coefficient (Wildman–Crippen LogP) is 4.79. The number of benzene rings is 2. The van der Waals surface area contributed by atoms with Gasteiger partial charge in [-0.1, -0.05) is 48.0 Å². The number of halogens is 1. The molecule has 0 saturated heterocycles. The molecule has 0 aliphatic rings. The van der Waals surface area contributed by atoms with Crippen LogP contribution in [0, 0.1) is 6.92 Å². The van der Waals surface area contributed by atoms with E-state index < -0.39 is 0 Å². The highest BCUT2D eigenvalue weighted by molar-refractivity contribution is 6.30. The van der Waals surface area contributed by atoms with Crippen LogP contribution in [0.15, 0.2) is 60.7 Å². The highest BCUT2D eigenvalue weighted by Crippen LogP contribution is 2.20. The molecule has 0 radical (unpaired) electrons. The zero-order valence-corrected chi connectivity index (χ0v) is 13.5. The summed E-state index contributed by atoms with van der Waals surface area (Å²) in [4.78, 5) is 8.83. The van der Waals surface area contributed by atoms with Crippen LogP contribution < -0.4 is 10.6 Å². The molecule has 3 rings (SSSR count). The van der Waals surface area contributed by atoms with Gasteiger partial charge in [0, 0.05) is 23.3 Å². The second kappa shape index (κ2) is 7.11. The predicted molar refractivity (Wildman–Crippen MR) is 95.3 cm³/mol. The quantitative estimate of drug-likeness (QED) is 0.708. The molecule has 0 amide bonds. The monoisotopic (exact) mass is 324 g/mol. The molecule has 4 nitrogen and oxygen atoms in total. The molecule has 0 bridgehead atoms. The highest BCUT2D eigenvalue weighted by atomic mass is 35.5. The highest BCUT2D eigenvalue weighted by Gasteiger charge is 2.03. The van der Waals surface area contributed by atoms with E-state index in [1.807, 2.05) is 55.5 Å². The molecule has 0 atom stereocenters. The molecule has 2 N–H and O–H groups in total. The molecular formula is C18H17ClN4. The van der Waals surface area contributed by atoms with E-state index in [1.54, 1.807) is 0 Å². The molecule has 1 heterocycles. The molecule has 2 aromatic carbocycles. The standard InChI is InChI=1S/C18H17ClN4/c1-13-21-17(20-12-14-6-3-2-4-7-14)11-18(22-13)23-16-9-5-8-15(19)10-16/h2-11H,12H2,1H3,(H2,20,21,22,23). The van der Waals surface area contributed by atoms with Crippen LogP contribution in [0.2, 0.25) is 5.02 Å². The van der Waals surface area contributed by atoms with Crippen molar-refractivity contribution in [1.29, 1.82) is 0 Å². The molecule has 23 heavy (non-hydrogen) atoms. The maximum atomic E-state index is 6.01. The fourth-order valence-electron chi connectivity index (χ4n) is 2.22. The summed E-state index contributed by atoms with van der Waals surface area (Å²) in [5.74, 6) is 2.22. The van der Waals surface area contributed by atoms with Crippen molar-refractivity contribution in [3.05, 3.63) is 77.1 Å². The lowest BCUT2D eigenvalue weighted by Gasteiger charge is -2.10. The van der Waals surface area contributed by atoms with Crippen LogP contribution in [-0.2, 0) is 6.54 Å². The van der Waals surface area contributed by atoms with E-state index in [1.165, 1.54) is 5.56 Å². The molecule has 5 heteroatoms. The first-order chi connectivity index (χ1) is 11.2. The van der Waals surface area contributed by atoms with Crippen molar-refractivity contribution in [3.8, 4) is 0 Å². The van der Waals surface area contributed by atoms with Gasteiger partial charge in [-0.2, -0.15) is 0 Å². The fraction of sp³-hybridized carbons (Fsp3) is 0.111. The number of aromatic nitrogens is 2. The minimum Gasteiger partial charge on any atom is -0.366 e. The van der Waals surface area contributed by atoms with Crippen LogP contribution in [0.25, 0.3) is 0 Å². The van der Waals surface area contributed by atoms with E-state index in [-0.39, 0.29) is 0 Å². The van der Waals surface area contributed by atoms with E-state index in [4.69, 9.17) is 11.6 Å². The van der Waals surface area contributed by atoms with Gasteiger partial charge in [-0.25, -0.2) is 9.97 Å². The third-order valence-electron chi connectivity index (χ3n) is 3.25. The lowest BCUT2D eigenvalue weighted by molar-refractivity contribution is 1.03. The summed E-state index contributed by atoms with van der Waals surface area (Å²) < 4.78 is 0. The maximum Gasteiger partial charge on any atom is 0.136 e. The SMILES string of the molecule is Cc1nc(NCc2ccccc2)cc(Nc2cccc(Cl)c2)n1. The molecule has 116 valence electrons. The number of rotatable bonds is 5. The maximum absolute atomic E-state index is 6.01. The van der Waals surface area contributed by atoms with Crippen LogP contribution in [0.3, 0.4) is 0 Å². The zero-order chi connectivity index (χ0) is 16.1. The third kappa shape index (κ3) is 4.44. The number of anilines is 3. The summed E-state index contributed by atoms with van der Waals surface area (Å²) >= 11 is 6.01. The van der Waals surface area contributed by atoms with Crippen LogP contribution in [0.1, 0.15) is 11.4 Å². The molecule has 0 spiro atoms. The van der Waals surface area contributed by atoms with Gasteiger partial charge in [-0.05, 0) is 30.7 Å². The van der Waals surface area contributed by atoms with Crippen molar-refractivity contribution in [2.45, 2.75) is 13.5 Å². The van der Waals surface area contributed by atoms with Crippen molar-refractivity contribution < 1.29 is 0 Å². The second-order valence-corrected chi connectivity index (χ2v) is 5.60. The van der Waals surface area contributed by atoms with Gasteiger partial charge in [0.25, 0.3) is 0 Å². The van der Waals surface area contributed by atoms with Gasteiger partial charge in [0.15, 0.2) is 0 Å². The average molecular weight is 325 g/mol. The molecular weight excluding hydrogens is 308 g/mol. The molecule has 1 aromatic heterocycles. The van der Waals surface area contributed by atoms with E-state index in [0.29, 0.717) is 17.4 Å². The number of aryl methyl sites for hydroxylation is 1. The molecule has 0 aliphatic heterocycles. The lowest BCUT2D eigenvalue weighted by Crippen LogP contribution is -2.05. The first-order valence-electron chi connectivity index (χ1n) is 7.35. The van der Waals surface area contributed by atoms with Crippen LogP contribution in [0.4, 0.5) is 17.3 Å². The normalized spacial score (nSPS) is 10.3. The lowest BCUT2D eigenvalue weighted by atomic mass is 10.2. The van der Waals surface area contributed by atoms with Crippen LogP contribution in [0.5, 0.6) is 0 Å². The van der Waals surface area contributed by atoms with Crippen molar-refractivity contribution >= 4 is 28.9 Å². The van der Waals surface area contributed by atoms with Crippen molar-refractivity contribution in [3.63, 3.8) is 0 Å². The molecule has 0 fully saturated rings. The van der Waals surface area contributed by atoms with Gasteiger partial charge < -0.3 is 10.6 Å². The van der Waals surface area contributed by atoms with E-state index in [9.17, 15) is 0 Å². The topological polar surface area (TPSA) is 49.8 Å². The van der Waals surface area contributed by atoms with Crippen LogP contribution in [-0.4, -0.2) is 9.97 Å². The molecule has 0 aliphatic carbocycles. The first-order valence-corrected chi connectivity index (χ1v) is 7.73. The minimum absolute atomic E-state index is 0.684. The fourth-order valence-corrected chi connectivity index (χ4v) is 2.42. The van der Waals surface area contributed by atoms with Gasteiger partial charge in [-0.15, -0.1) is 0 Å². The Balaban J connectivity index is 1.73. The Morgan fingerprint density at radius 1 is 0.913 bits per heavy atom. The first kappa shape index (κ1) is 15.3. The van der Waals surface area contributed by atoms with E-state index in [2.05, 4.69) is 32.7 Å². The van der Waals surface area contributed by atoms with Gasteiger partial charge in [0.1, 0.15) is 17.5 Å². The van der Waals surface area contributed by atoms with Gasteiger partial charge >= 0.3 is 0 Å². The smallest absolute Gasteiger partial charge is 0.136 e. The van der Waals surface area contributed by atoms with Crippen LogP contribution >= 0.6 is 11.6 Å². The summed E-state index contributed by atoms with van der Waals surface area (Å²) in [6.45, 7) is 2.59. The number of nitrogens with zero attached hydrogens (tertiary/aromatic N) is 2. The number of hydrogen-bond donors (Lipinski definition) is 2. The summed E-state index contributed by atoms with van der Waals surface area (Å²) in [7, 11) is 0. The molecule has 0 saturated carbocycles. The summed E-state index contributed by atoms with van der Waals surface area (Å²) in [6, 6.07) is 19.6. The summed E-state index contributed by atoms with van der Waals surface area (Å²) in [6.07, 6.45) is 0. The van der Waals surface area contributed by atoms with Crippen molar-refractivity contribution in [1.82, 2.24) is 9.97 Å². The minimum atomic E-state index is 0.684. The Kier molecular flexibility index (Phi) is 4.74. The summed E-state index contributed by atoms with van der Waals surface area (Å²) in [5, 5.41) is 7.25. The van der Waals surface area contributed by atoms with Crippen molar-refractivity contribution in [2.75, 3.05) is 10.6 Å². The number of nitrogens with one attached hydrogen (secondary N) is 2. The third-order valence-corrected chi connectivity index (χ3v) is 3.49. The Labute approximate surface area is 140 Å². The van der Waals surface area contributed by atoms with Crippen molar-refractivity contribution in [2.24, 2.45) is 0 Å². The zero-order valence-electron chi connectivity index (χ0n) is 12.8. The molecule has 0 unspecified atom stereocenters. The summed E-state index contributed by atoms with van der Waals surface area (Å²) in [5.41, 5.74) is 2.10. The van der Waals surface area contributed by atoms with E-state index >= 15 is 0 Å². The average Bonchev–Trinajstić information content (AvgIpc) is 2.53. The molecule has 3 aromatic rings. The second-order valence-electron chi connectivity index (χ2n) is 5.16. The van der Waals surface area contributed by atoms with Gasteiger partial charge in [0.05, 0.1) is 0 Å². The number of hydrogen-bond acceptors (Lipinski definition) is 4. The van der Waals surface area contributed by atoms with Gasteiger partial charge in [0.2, 0.25) is 0 Å². The Hall–Kier alpha value is -2.59. The Morgan fingerprint density at radius 2 is 1.70 bits per heavy atom. The Morgan fingerprint density at radius 3 is 2.48 bits per heavy atom. The van der Waals surface area contributed by atoms with Gasteiger partial charge in [-0.3, -0.25) is 0 Å².